The van der Waals surface area contributed by atoms with Gasteiger partial charge in [0.1, 0.15) is 0 Å². The van der Waals surface area contributed by atoms with Crippen molar-refractivity contribution in [2.75, 3.05) is 20.7 Å². The molecule has 90 valence electrons. The van der Waals surface area contributed by atoms with Crippen molar-refractivity contribution in [3.63, 3.8) is 0 Å². The van der Waals surface area contributed by atoms with Crippen LogP contribution in [0.3, 0.4) is 0 Å². The fourth-order valence-corrected chi connectivity index (χ4v) is 1.09. The van der Waals surface area contributed by atoms with Crippen LogP contribution in [0.25, 0.3) is 0 Å². The lowest BCUT2D eigenvalue weighted by atomic mass is 10.0. The first-order chi connectivity index (χ1) is 6.78. The van der Waals surface area contributed by atoms with E-state index in [1.807, 2.05) is 20.8 Å². The van der Waals surface area contributed by atoms with Gasteiger partial charge in [0.2, 0.25) is 5.91 Å². The minimum absolute atomic E-state index is 0.0995. The van der Waals surface area contributed by atoms with Crippen LogP contribution < -0.4 is 5.73 Å². The van der Waals surface area contributed by atoms with Crippen LogP contribution in [0, 0.1) is 0 Å². The second-order valence-electron chi connectivity index (χ2n) is 4.72. The second-order valence-corrected chi connectivity index (χ2v) is 4.72. The third-order valence-corrected chi connectivity index (χ3v) is 2.48. The molecule has 0 spiro atoms. The summed E-state index contributed by atoms with van der Waals surface area (Å²) < 4.78 is 5.21. The van der Waals surface area contributed by atoms with E-state index < -0.39 is 0 Å². The minimum atomic E-state index is -0.389. The Hall–Kier alpha value is -0.610. The van der Waals surface area contributed by atoms with Crippen LogP contribution in [0.15, 0.2) is 0 Å². The molecule has 0 fully saturated rings. The van der Waals surface area contributed by atoms with Gasteiger partial charge in [-0.05, 0) is 27.2 Å². The second kappa shape index (κ2) is 6.08. The van der Waals surface area contributed by atoms with Crippen LogP contribution in [-0.2, 0) is 9.53 Å². The molecule has 2 N–H and O–H groups in total. The van der Waals surface area contributed by atoms with Gasteiger partial charge in [0, 0.05) is 26.7 Å². The Bertz CT molecular complexity index is 203. The highest BCUT2D eigenvalue weighted by Crippen LogP contribution is 2.14. The zero-order chi connectivity index (χ0) is 12.1. The highest BCUT2D eigenvalue weighted by molar-refractivity contribution is 5.76. The van der Waals surface area contributed by atoms with Gasteiger partial charge >= 0.3 is 0 Å². The van der Waals surface area contributed by atoms with E-state index in [0.29, 0.717) is 13.0 Å². The summed E-state index contributed by atoms with van der Waals surface area (Å²) in [6.45, 7) is 6.46. The number of amides is 1. The highest BCUT2D eigenvalue weighted by Gasteiger charge is 2.23. The summed E-state index contributed by atoms with van der Waals surface area (Å²) in [5.41, 5.74) is 5.24. The zero-order valence-electron chi connectivity index (χ0n) is 10.5. The molecule has 0 rings (SSSR count). The van der Waals surface area contributed by atoms with Gasteiger partial charge < -0.3 is 15.4 Å². The number of carbonyl (C=O) groups excluding carboxylic acids is 1. The topological polar surface area (TPSA) is 55.6 Å². The Kier molecular flexibility index (Phi) is 5.83. The van der Waals surface area contributed by atoms with Crippen molar-refractivity contribution in [2.24, 2.45) is 5.73 Å². The number of carbonyl (C=O) groups is 1. The van der Waals surface area contributed by atoms with Gasteiger partial charge in [0.15, 0.2) is 0 Å². The first kappa shape index (κ1) is 14.4. The number of nitrogens with two attached hydrogens (primary N) is 1. The first-order valence-corrected chi connectivity index (χ1v) is 5.33. The van der Waals surface area contributed by atoms with E-state index in [1.165, 1.54) is 0 Å². The molecule has 0 saturated heterocycles. The van der Waals surface area contributed by atoms with Crippen molar-refractivity contribution in [1.82, 2.24) is 4.90 Å². The van der Waals surface area contributed by atoms with Gasteiger partial charge in [0.25, 0.3) is 0 Å². The van der Waals surface area contributed by atoms with Crippen LogP contribution in [-0.4, -0.2) is 43.2 Å². The lowest BCUT2D eigenvalue weighted by Crippen LogP contribution is -2.36. The molecule has 1 atom stereocenters. The number of hydrogen-bond acceptors (Lipinski definition) is 3. The maximum absolute atomic E-state index is 11.7. The van der Waals surface area contributed by atoms with Crippen LogP contribution in [0.1, 0.15) is 33.6 Å². The fraction of sp³-hybridized carbons (Fsp3) is 0.909. The van der Waals surface area contributed by atoms with Crippen LogP contribution in [0.2, 0.25) is 0 Å². The summed E-state index contributed by atoms with van der Waals surface area (Å²) in [7, 11) is 3.42. The Labute approximate surface area is 92.8 Å². The van der Waals surface area contributed by atoms with E-state index in [9.17, 15) is 4.79 Å². The number of rotatable bonds is 6. The summed E-state index contributed by atoms with van der Waals surface area (Å²) in [4.78, 5) is 13.4. The Balaban J connectivity index is 3.99. The summed E-state index contributed by atoms with van der Waals surface area (Å²) in [5.74, 6) is 0.0995. The first-order valence-electron chi connectivity index (χ1n) is 5.33. The largest absolute Gasteiger partial charge is 0.378 e. The molecule has 0 radical (unpaired) electrons. The van der Waals surface area contributed by atoms with Gasteiger partial charge in [-0.3, -0.25) is 4.79 Å². The van der Waals surface area contributed by atoms with Gasteiger partial charge in [-0.2, -0.15) is 0 Å². The average molecular weight is 216 g/mol. The number of methoxy groups -OCH3 is 1. The lowest BCUT2D eigenvalue weighted by molar-refractivity contribution is -0.135. The standard InChI is InChI=1S/C11H24N2O2/c1-9(12)6-7-13(4)10(14)8-11(2,3)15-5/h9H,6-8,12H2,1-5H3. The molecule has 0 bridgehead atoms. The Morgan fingerprint density at radius 1 is 1.53 bits per heavy atom. The molecule has 0 heterocycles. The molecule has 4 heteroatoms. The van der Waals surface area contributed by atoms with Crippen LogP contribution in [0.4, 0.5) is 0 Å². The third kappa shape index (κ3) is 6.47. The number of hydrogen-bond donors (Lipinski definition) is 1. The van der Waals surface area contributed by atoms with E-state index in [4.69, 9.17) is 10.5 Å². The summed E-state index contributed by atoms with van der Waals surface area (Å²) in [5, 5.41) is 0. The molecular formula is C11H24N2O2. The molecule has 0 aromatic heterocycles. The smallest absolute Gasteiger partial charge is 0.225 e. The molecule has 0 aromatic rings. The summed E-state index contributed by atoms with van der Waals surface area (Å²) in [6.07, 6.45) is 1.23. The predicted octanol–water partition coefficient (Wildman–Crippen LogP) is 0.997. The lowest BCUT2D eigenvalue weighted by Gasteiger charge is -2.26. The number of nitrogens with zero attached hydrogens (tertiary/aromatic N) is 1. The van der Waals surface area contributed by atoms with Gasteiger partial charge in [-0.1, -0.05) is 0 Å². The van der Waals surface area contributed by atoms with E-state index in [2.05, 4.69) is 0 Å². The molecule has 0 aliphatic rings. The van der Waals surface area contributed by atoms with Crippen molar-refractivity contribution in [1.29, 1.82) is 0 Å². The minimum Gasteiger partial charge on any atom is -0.378 e. The van der Waals surface area contributed by atoms with Crippen molar-refractivity contribution in [2.45, 2.75) is 45.3 Å². The molecule has 0 aromatic carbocycles. The Morgan fingerprint density at radius 2 is 2.07 bits per heavy atom. The normalized spacial score (nSPS) is 13.7. The van der Waals surface area contributed by atoms with Gasteiger partial charge in [-0.25, -0.2) is 0 Å². The van der Waals surface area contributed by atoms with Gasteiger partial charge in [0.05, 0.1) is 12.0 Å². The molecule has 0 saturated carbocycles. The van der Waals surface area contributed by atoms with Gasteiger partial charge in [-0.15, -0.1) is 0 Å². The predicted molar refractivity (Wildman–Crippen MR) is 61.6 cm³/mol. The van der Waals surface area contributed by atoms with Crippen molar-refractivity contribution in [3.05, 3.63) is 0 Å². The summed E-state index contributed by atoms with van der Waals surface area (Å²) in [6, 6.07) is 0.135. The fourth-order valence-electron chi connectivity index (χ4n) is 1.09. The quantitative estimate of drug-likeness (QED) is 0.720. The molecule has 0 aliphatic heterocycles. The monoisotopic (exact) mass is 216 g/mol. The molecule has 1 unspecified atom stereocenters. The molecule has 1 amide bonds. The van der Waals surface area contributed by atoms with E-state index in [1.54, 1.807) is 19.1 Å². The SMILES string of the molecule is COC(C)(C)CC(=O)N(C)CCC(C)N. The maximum atomic E-state index is 11.7. The zero-order valence-corrected chi connectivity index (χ0v) is 10.5. The molecule has 15 heavy (non-hydrogen) atoms. The molecule has 0 aliphatic carbocycles. The molecule has 4 nitrogen and oxygen atoms in total. The van der Waals surface area contributed by atoms with Crippen molar-refractivity contribution < 1.29 is 9.53 Å². The van der Waals surface area contributed by atoms with E-state index in [0.717, 1.165) is 6.42 Å². The highest BCUT2D eigenvalue weighted by atomic mass is 16.5. The molecular weight excluding hydrogens is 192 g/mol. The van der Waals surface area contributed by atoms with E-state index in [-0.39, 0.29) is 17.6 Å². The van der Waals surface area contributed by atoms with Crippen LogP contribution in [0.5, 0.6) is 0 Å². The Morgan fingerprint density at radius 3 is 2.47 bits per heavy atom. The maximum Gasteiger partial charge on any atom is 0.225 e. The number of ether oxygens (including phenoxy) is 1. The van der Waals surface area contributed by atoms with Crippen molar-refractivity contribution in [3.8, 4) is 0 Å². The van der Waals surface area contributed by atoms with Crippen LogP contribution >= 0.6 is 0 Å². The third-order valence-electron chi connectivity index (χ3n) is 2.48. The summed E-state index contributed by atoms with van der Waals surface area (Å²) >= 11 is 0. The average Bonchev–Trinajstić information content (AvgIpc) is 2.13. The van der Waals surface area contributed by atoms with Crippen molar-refractivity contribution >= 4 is 5.91 Å². The van der Waals surface area contributed by atoms with E-state index >= 15 is 0 Å².